The second-order valence-electron chi connectivity index (χ2n) is 6.29. The summed E-state index contributed by atoms with van der Waals surface area (Å²) in [6, 6.07) is 13.0. The molecule has 2 amide bonds. The van der Waals surface area contributed by atoms with Gasteiger partial charge in [-0.05, 0) is 48.5 Å². The standard InChI is InChI=1S/C20H19N3O4/c21-16-9-5-14(6-10-16)2-1-13-3-7-15(8-4-13)20(26)23-12-17(24)11-18(23)19(25)22-27/h3-10,17-18,24,27H,11-12,21H2,(H,22,25)/t17-,18+/m1/s1. The molecule has 0 saturated carbocycles. The second kappa shape index (κ2) is 7.91. The number of carbonyl (C=O) groups excluding carboxylic acids is 2. The Bertz CT molecular complexity index is 898. The molecule has 0 aliphatic carbocycles. The Balaban J connectivity index is 1.74. The third-order valence-corrected chi connectivity index (χ3v) is 4.35. The van der Waals surface area contributed by atoms with Gasteiger partial charge in [-0.25, -0.2) is 5.48 Å². The smallest absolute Gasteiger partial charge is 0.266 e. The molecule has 2 atom stereocenters. The van der Waals surface area contributed by atoms with Crippen molar-refractivity contribution in [3.05, 3.63) is 65.2 Å². The highest BCUT2D eigenvalue weighted by molar-refractivity contribution is 5.98. The Morgan fingerprint density at radius 1 is 1.04 bits per heavy atom. The number of nitrogens with zero attached hydrogens (tertiary/aromatic N) is 1. The van der Waals surface area contributed by atoms with Gasteiger partial charge < -0.3 is 15.7 Å². The Morgan fingerprint density at radius 3 is 2.15 bits per heavy atom. The lowest BCUT2D eigenvalue weighted by Crippen LogP contribution is -2.45. The minimum absolute atomic E-state index is 0.0373. The van der Waals surface area contributed by atoms with E-state index in [1.165, 1.54) is 10.4 Å². The van der Waals surface area contributed by atoms with Crippen molar-refractivity contribution in [1.29, 1.82) is 0 Å². The first-order valence-corrected chi connectivity index (χ1v) is 8.38. The van der Waals surface area contributed by atoms with E-state index in [9.17, 15) is 14.7 Å². The van der Waals surface area contributed by atoms with E-state index in [1.807, 2.05) is 12.1 Å². The lowest BCUT2D eigenvalue weighted by atomic mass is 10.1. The molecule has 0 radical (unpaired) electrons. The number of hydrogen-bond acceptors (Lipinski definition) is 5. The minimum atomic E-state index is -0.900. The summed E-state index contributed by atoms with van der Waals surface area (Å²) in [5.74, 6) is 4.91. The molecule has 3 rings (SSSR count). The molecule has 1 heterocycles. The van der Waals surface area contributed by atoms with Crippen LogP contribution in [-0.4, -0.2) is 45.7 Å². The van der Waals surface area contributed by atoms with Gasteiger partial charge in [0.1, 0.15) is 6.04 Å². The number of aliphatic hydroxyl groups excluding tert-OH is 1. The Labute approximate surface area is 156 Å². The van der Waals surface area contributed by atoms with Gasteiger partial charge in [-0.3, -0.25) is 14.8 Å². The van der Waals surface area contributed by atoms with Crippen LogP contribution in [0.25, 0.3) is 0 Å². The average molecular weight is 365 g/mol. The number of likely N-dealkylation sites (tertiary alicyclic amines) is 1. The molecule has 1 aliphatic heterocycles. The number of nitrogens with one attached hydrogen (secondary N) is 1. The van der Waals surface area contributed by atoms with Crippen LogP contribution in [-0.2, 0) is 4.79 Å². The number of β-amino-alcohol motifs (C(OH)–C–C–N with tert-alkyl or cyclic N) is 1. The van der Waals surface area contributed by atoms with Gasteiger partial charge in [0, 0.05) is 35.3 Å². The molecule has 138 valence electrons. The fraction of sp³-hybridized carbons (Fsp3) is 0.200. The maximum Gasteiger partial charge on any atom is 0.266 e. The van der Waals surface area contributed by atoms with Crippen LogP contribution in [0.5, 0.6) is 0 Å². The molecule has 27 heavy (non-hydrogen) atoms. The summed E-state index contributed by atoms with van der Waals surface area (Å²) in [5, 5.41) is 18.6. The van der Waals surface area contributed by atoms with Gasteiger partial charge >= 0.3 is 0 Å². The van der Waals surface area contributed by atoms with Crippen LogP contribution in [0.4, 0.5) is 5.69 Å². The van der Waals surface area contributed by atoms with Crippen molar-refractivity contribution >= 4 is 17.5 Å². The summed E-state index contributed by atoms with van der Waals surface area (Å²) in [5.41, 5.74) is 9.78. The number of benzene rings is 2. The van der Waals surface area contributed by atoms with Crippen molar-refractivity contribution in [2.24, 2.45) is 0 Å². The average Bonchev–Trinajstić information content (AvgIpc) is 3.08. The summed E-state index contributed by atoms with van der Waals surface area (Å²) in [6.07, 6.45) is -0.718. The van der Waals surface area contributed by atoms with Gasteiger partial charge in [-0.15, -0.1) is 0 Å². The van der Waals surface area contributed by atoms with Gasteiger partial charge in [0.15, 0.2) is 0 Å². The lowest BCUT2D eigenvalue weighted by molar-refractivity contribution is -0.133. The molecular formula is C20H19N3O4. The van der Waals surface area contributed by atoms with Crippen molar-refractivity contribution in [3.8, 4) is 11.8 Å². The Kier molecular flexibility index (Phi) is 5.41. The summed E-state index contributed by atoms with van der Waals surface area (Å²) in [7, 11) is 0. The number of anilines is 1. The van der Waals surface area contributed by atoms with E-state index in [0.717, 1.165) is 11.1 Å². The van der Waals surface area contributed by atoms with Crippen LogP contribution in [0, 0.1) is 11.8 Å². The maximum absolute atomic E-state index is 12.7. The SMILES string of the molecule is Nc1ccc(C#Cc2ccc(C(=O)N3C[C@H](O)C[C@H]3C(=O)NO)cc2)cc1. The van der Waals surface area contributed by atoms with E-state index in [2.05, 4.69) is 11.8 Å². The minimum Gasteiger partial charge on any atom is -0.399 e. The van der Waals surface area contributed by atoms with Crippen LogP contribution in [0.15, 0.2) is 48.5 Å². The van der Waals surface area contributed by atoms with E-state index in [4.69, 9.17) is 10.9 Å². The Hall–Kier alpha value is -3.34. The fourth-order valence-corrected chi connectivity index (χ4v) is 2.93. The Morgan fingerprint density at radius 2 is 1.59 bits per heavy atom. The number of amides is 2. The van der Waals surface area contributed by atoms with Crippen molar-refractivity contribution in [3.63, 3.8) is 0 Å². The zero-order chi connectivity index (χ0) is 19.4. The quantitative estimate of drug-likeness (QED) is 0.271. The largest absolute Gasteiger partial charge is 0.399 e. The van der Waals surface area contributed by atoms with E-state index < -0.39 is 24.0 Å². The highest BCUT2D eigenvalue weighted by atomic mass is 16.5. The summed E-state index contributed by atoms with van der Waals surface area (Å²) < 4.78 is 0. The fourth-order valence-electron chi connectivity index (χ4n) is 2.93. The highest BCUT2D eigenvalue weighted by Gasteiger charge is 2.39. The molecule has 0 spiro atoms. The first-order valence-electron chi connectivity index (χ1n) is 8.38. The van der Waals surface area contributed by atoms with Crippen molar-refractivity contribution in [1.82, 2.24) is 10.4 Å². The number of aliphatic hydroxyl groups is 1. The monoisotopic (exact) mass is 365 g/mol. The molecule has 2 aromatic carbocycles. The normalized spacial score (nSPS) is 18.5. The zero-order valence-corrected chi connectivity index (χ0v) is 14.4. The molecule has 7 nitrogen and oxygen atoms in total. The van der Waals surface area contributed by atoms with Gasteiger partial charge in [-0.1, -0.05) is 11.8 Å². The third kappa shape index (κ3) is 4.26. The molecule has 1 saturated heterocycles. The van der Waals surface area contributed by atoms with E-state index >= 15 is 0 Å². The van der Waals surface area contributed by atoms with Gasteiger partial charge in [0.05, 0.1) is 6.10 Å². The molecule has 0 unspecified atom stereocenters. The van der Waals surface area contributed by atoms with Crippen LogP contribution in [0.3, 0.4) is 0 Å². The molecule has 0 bridgehead atoms. The van der Waals surface area contributed by atoms with Crippen LogP contribution >= 0.6 is 0 Å². The molecule has 5 N–H and O–H groups in total. The third-order valence-electron chi connectivity index (χ3n) is 4.35. The predicted molar refractivity (Wildman–Crippen MR) is 98.7 cm³/mol. The number of hydrogen-bond donors (Lipinski definition) is 4. The highest BCUT2D eigenvalue weighted by Crippen LogP contribution is 2.21. The van der Waals surface area contributed by atoms with E-state index in [1.54, 1.807) is 36.4 Å². The number of nitrogen functional groups attached to an aromatic ring is 1. The maximum atomic E-state index is 12.7. The zero-order valence-electron chi connectivity index (χ0n) is 14.4. The first kappa shape index (κ1) is 18.5. The van der Waals surface area contributed by atoms with Crippen molar-refractivity contribution in [2.45, 2.75) is 18.6 Å². The van der Waals surface area contributed by atoms with Crippen LogP contribution in [0.2, 0.25) is 0 Å². The molecule has 2 aromatic rings. The first-order chi connectivity index (χ1) is 13.0. The molecule has 1 aliphatic rings. The molecule has 1 fully saturated rings. The molecular weight excluding hydrogens is 346 g/mol. The van der Waals surface area contributed by atoms with E-state index in [0.29, 0.717) is 11.3 Å². The summed E-state index contributed by atoms with van der Waals surface area (Å²) in [4.78, 5) is 25.6. The van der Waals surface area contributed by atoms with E-state index in [-0.39, 0.29) is 13.0 Å². The van der Waals surface area contributed by atoms with Crippen LogP contribution in [0.1, 0.15) is 27.9 Å². The van der Waals surface area contributed by atoms with Crippen LogP contribution < -0.4 is 11.2 Å². The number of rotatable bonds is 2. The lowest BCUT2D eigenvalue weighted by Gasteiger charge is -2.22. The summed E-state index contributed by atoms with van der Waals surface area (Å²) in [6.45, 7) is 0.0373. The molecule has 7 heteroatoms. The predicted octanol–water partition coefficient (Wildman–Crippen LogP) is 0.749. The van der Waals surface area contributed by atoms with Crippen molar-refractivity contribution in [2.75, 3.05) is 12.3 Å². The number of nitrogens with two attached hydrogens (primary N) is 1. The number of carbonyl (C=O) groups is 2. The van der Waals surface area contributed by atoms with Gasteiger partial charge in [-0.2, -0.15) is 0 Å². The van der Waals surface area contributed by atoms with Gasteiger partial charge in [0.25, 0.3) is 11.8 Å². The van der Waals surface area contributed by atoms with Crippen molar-refractivity contribution < 1.29 is 19.9 Å². The topological polar surface area (TPSA) is 116 Å². The second-order valence-corrected chi connectivity index (χ2v) is 6.29. The molecule has 0 aromatic heterocycles. The number of hydroxylamine groups is 1. The van der Waals surface area contributed by atoms with Gasteiger partial charge in [0.2, 0.25) is 0 Å². The summed E-state index contributed by atoms with van der Waals surface area (Å²) >= 11 is 0.